The van der Waals surface area contributed by atoms with Crippen molar-refractivity contribution in [2.24, 2.45) is 0 Å². The van der Waals surface area contributed by atoms with E-state index in [0.717, 1.165) is 16.0 Å². The summed E-state index contributed by atoms with van der Waals surface area (Å²) in [5, 5.41) is 5.67. The Hall–Kier alpha value is -4.34. The molecule has 0 radical (unpaired) electrons. The maximum Gasteiger partial charge on any atom is 0.329 e. The second kappa shape index (κ2) is 12.7. The van der Waals surface area contributed by atoms with Crippen LogP contribution in [-0.4, -0.2) is 36.4 Å². The van der Waals surface area contributed by atoms with Gasteiger partial charge in [-0.15, -0.1) is 6.58 Å². The number of para-hydroxylation sites is 1. The highest BCUT2D eigenvalue weighted by molar-refractivity contribution is 6.42. The van der Waals surface area contributed by atoms with Crippen LogP contribution in [0, 0.1) is 5.82 Å². The second-order valence-electron chi connectivity index (χ2n) is 8.65. The molecule has 206 valence electrons. The molecule has 40 heavy (non-hydrogen) atoms. The van der Waals surface area contributed by atoms with E-state index in [1.807, 2.05) is 0 Å². The van der Waals surface area contributed by atoms with Crippen LogP contribution in [0.2, 0.25) is 10.0 Å². The molecule has 1 heterocycles. The molecule has 3 aromatic rings. The SMILES string of the molecule is C=CCc1cc(/C=C2/NC(=O)N(CC(=O)Nc3ccccc3F)C2=O)cc(OC)c1OCc1ccc(Cl)c(Cl)c1. The molecule has 0 aliphatic carbocycles. The van der Waals surface area contributed by atoms with Gasteiger partial charge in [-0.2, -0.15) is 0 Å². The number of rotatable bonds is 10. The molecule has 0 saturated carbocycles. The van der Waals surface area contributed by atoms with Crippen LogP contribution in [-0.2, 0) is 22.6 Å². The summed E-state index contributed by atoms with van der Waals surface area (Å²) >= 11 is 12.1. The molecule has 3 aromatic carbocycles. The number of halogens is 3. The smallest absolute Gasteiger partial charge is 0.329 e. The van der Waals surface area contributed by atoms with Crippen LogP contribution in [0.1, 0.15) is 16.7 Å². The zero-order valence-electron chi connectivity index (χ0n) is 21.3. The van der Waals surface area contributed by atoms with Crippen LogP contribution >= 0.6 is 23.2 Å². The van der Waals surface area contributed by atoms with Crippen molar-refractivity contribution in [2.45, 2.75) is 13.0 Å². The Bertz CT molecular complexity index is 1530. The fraction of sp³-hybridized carbons (Fsp3) is 0.138. The summed E-state index contributed by atoms with van der Waals surface area (Å²) < 4.78 is 25.5. The monoisotopic (exact) mass is 583 g/mol. The molecule has 1 aliphatic heterocycles. The van der Waals surface area contributed by atoms with Crippen molar-refractivity contribution in [1.29, 1.82) is 0 Å². The molecule has 4 rings (SSSR count). The quantitative estimate of drug-likeness (QED) is 0.174. The first-order valence-electron chi connectivity index (χ1n) is 12.0. The van der Waals surface area contributed by atoms with Crippen molar-refractivity contribution < 1.29 is 28.2 Å². The topological polar surface area (TPSA) is 97.0 Å². The lowest BCUT2D eigenvalue weighted by atomic mass is 10.0. The largest absolute Gasteiger partial charge is 0.493 e. The number of hydrogen-bond donors (Lipinski definition) is 2. The van der Waals surface area contributed by atoms with E-state index in [0.29, 0.717) is 33.5 Å². The van der Waals surface area contributed by atoms with Gasteiger partial charge < -0.3 is 20.1 Å². The molecular weight excluding hydrogens is 560 g/mol. The molecule has 0 unspecified atom stereocenters. The Morgan fingerprint density at radius 2 is 1.90 bits per heavy atom. The first-order valence-corrected chi connectivity index (χ1v) is 12.7. The summed E-state index contributed by atoms with van der Waals surface area (Å²) in [6.07, 6.45) is 3.58. The fourth-order valence-electron chi connectivity index (χ4n) is 3.95. The van der Waals surface area contributed by atoms with Crippen LogP contribution in [0.25, 0.3) is 6.08 Å². The van der Waals surface area contributed by atoms with E-state index in [1.54, 1.807) is 42.5 Å². The molecule has 0 spiro atoms. The Morgan fingerprint density at radius 3 is 2.60 bits per heavy atom. The summed E-state index contributed by atoms with van der Waals surface area (Å²) in [6, 6.07) is 13.4. The maximum atomic E-state index is 13.8. The number of allylic oxidation sites excluding steroid dienone is 1. The average molecular weight is 584 g/mol. The molecule has 1 saturated heterocycles. The zero-order chi connectivity index (χ0) is 28.8. The third kappa shape index (κ3) is 6.62. The Labute approximate surface area is 240 Å². The molecule has 4 amide bonds. The van der Waals surface area contributed by atoms with E-state index < -0.39 is 30.2 Å². The Kier molecular flexibility index (Phi) is 9.08. The van der Waals surface area contributed by atoms with Crippen molar-refractivity contribution in [3.05, 3.63) is 106 Å². The molecule has 1 aliphatic rings. The van der Waals surface area contributed by atoms with Crippen LogP contribution in [0.15, 0.2) is 72.9 Å². The average Bonchev–Trinajstić information content (AvgIpc) is 3.18. The highest BCUT2D eigenvalue weighted by Gasteiger charge is 2.35. The lowest BCUT2D eigenvalue weighted by molar-refractivity contribution is -0.127. The predicted molar refractivity (Wildman–Crippen MR) is 151 cm³/mol. The van der Waals surface area contributed by atoms with Gasteiger partial charge in [0.15, 0.2) is 11.5 Å². The van der Waals surface area contributed by atoms with E-state index in [2.05, 4.69) is 17.2 Å². The number of carbonyl (C=O) groups excluding carboxylic acids is 3. The number of nitrogens with zero attached hydrogens (tertiary/aromatic N) is 1. The molecule has 2 N–H and O–H groups in total. The highest BCUT2D eigenvalue weighted by atomic mass is 35.5. The number of imide groups is 1. The minimum Gasteiger partial charge on any atom is -0.493 e. The third-order valence-electron chi connectivity index (χ3n) is 5.83. The molecule has 0 atom stereocenters. The number of urea groups is 1. The van der Waals surface area contributed by atoms with Crippen molar-refractivity contribution >= 4 is 52.8 Å². The van der Waals surface area contributed by atoms with E-state index in [-0.39, 0.29) is 18.0 Å². The van der Waals surface area contributed by atoms with E-state index in [1.165, 1.54) is 31.4 Å². The van der Waals surface area contributed by atoms with Crippen molar-refractivity contribution in [1.82, 2.24) is 10.2 Å². The Morgan fingerprint density at radius 1 is 1.12 bits per heavy atom. The lowest BCUT2D eigenvalue weighted by Crippen LogP contribution is -2.38. The number of hydrogen-bond acceptors (Lipinski definition) is 5. The summed E-state index contributed by atoms with van der Waals surface area (Å²) in [7, 11) is 1.48. The van der Waals surface area contributed by atoms with Gasteiger partial charge in [0.1, 0.15) is 24.7 Å². The second-order valence-corrected chi connectivity index (χ2v) is 9.46. The summed E-state index contributed by atoms with van der Waals surface area (Å²) in [5.74, 6) is -1.21. The van der Waals surface area contributed by atoms with Gasteiger partial charge in [0.2, 0.25) is 5.91 Å². The van der Waals surface area contributed by atoms with Gasteiger partial charge in [-0.1, -0.05) is 47.5 Å². The minimum absolute atomic E-state index is 0.0419. The van der Waals surface area contributed by atoms with Gasteiger partial charge in [0, 0.05) is 5.56 Å². The number of carbonyl (C=O) groups is 3. The lowest BCUT2D eigenvalue weighted by Gasteiger charge is -2.16. The Balaban J connectivity index is 1.53. The van der Waals surface area contributed by atoms with Gasteiger partial charge in [0.05, 0.1) is 22.8 Å². The standard InChI is InChI=1S/C29H24Cl2FN3O5/c1-3-6-19-11-18(14-25(39-2)27(19)40-16-17-9-10-20(30)21(31)12-17)13-24-28(37)35(29(38)34-24)15-26(36)33-23-8-5-4-7-22(23)32/h3-5,7-14H,1,6,15-16H2,2H3,(H,33,36)(H,34,38)/b24-13+. The normalized spacial score (nSPS) is 13.8. The van der Waals surface area contributed by atoms with Gasteiger partial charge in [-0.3, -0.25) is 9.59 Å². The van der Waals surface area contributed by atoms with Crippen LogP contribution in [0.3, 0.4) is 0 Å². The van der Waals surface area contributed by atoms with Gasteiger partial charge in [-0.25, -0.2) is 14.1 Å². The molecule has 8 nitrogen and oxygen atoms in total. The summed E-state index contributed by atoms with van der Waals surface area (Å²) in [5.41, 5.74) is 1.96. The van der Waals surface area contributed by atoms with Gasteiger partial charge in [0.25, 0.3) is 5.91 Å². The van der Waals surface area contributed by atoms with E-state index in [9.17, 15) is 18.8 Å². The molecule has 0 aromatic heterocycles. The van der Waals surface area contributed by atoms with Crippen molar-refractivity contribution in [3.8, 4) is 11.5 Å². The van der Waals surface area contributed by atoms with Crippen molar-refractivity contribution in [3.63, 3.8) is 0 Å². The highest BCUT2D eigenvalue weighted by Crippen LogP contribution is 2.35. The number of methoxy groups -OCH3 is 1. The molecule has 0 bridgehead atoms. The van der Waals surface area contributed by atoms with Crippen molar-refractivity contribution in [2.75, 3.05) is 19.0 Å². The number of amides is 4. The number of ether oxygens (including phenoxy) is 2. The first-order chi connectivity index (χ1) is 19.2. The zero-order valence-corrected chi connectivity index (χ0v) is 22.8. The van der Waals surface area contributed by atoms with Crippen LogP contribution in [0.4, 0.5) is 14.9 Å². The third-order valence-corrected chi connectivity index (χ3v) is 6.57. The van der Waals surface area contributed by atoms with Gasteiger partial charge in [-0.05, 0) is 60.0 Å². The molecular formula is C29H24Cl2FN3O5. The number of nitrogens with one attached hydrogen (secondary N) is 2. The van der Waals surface area contributed by atoms with E-state index in [4.69, 9.17) is 32.7 Å². The molecule has 11 heteroatoms. The van der Waals surface area contributed by atoms with Crippen LogP contribution in [0.5, 0.6) is 11.5 Å². The summed E-state index contributed by atoms with van der Waals surface area (Å²) in [4.78, 5) is 38.5. The van der Waals surface area contributed by atoms with Gasteiger partial charge >= 0.3 is 6.03 Å². The minimum atomic E-state index is -0.778. The maximum absolute atomic E-state index is 13.8. The first kappa shape index (κ1) is 28.7. The summed E-state index contributed by atoms with van der Waals surface area (Å²) in [6.45, 7) is 3.39. The van der Waals surface area contributed by atoms with Crippen LogP contribution < -0.4 is 20.1 Å². The number of anilines is 1. The fourth-order valence-corrected chi connectivity index (χ4v) is 4.27. The van der Waals surface area contributed by atoms with E-state index >= 15 is 0 Å². The molecule has 1 fully saturated rings. The predicted octanol–water partition coefficient (Wildman–Crippen LogP) is 5.98. The number of benzene rings is 3.